The minimum Gasteiger partial charge on any atom is -0.356 e. The zero-order chi connectivity index (χ0) is 20.5. The summed E-state index contributed by atoms with van der Waals surface area (Å²) in [5.74, 6) is 1.74. The largest absolute Gasteiger partial charge is 0.356 e. The molecule has 150 valence electrons. The lowest BCUT2D eigenvalue weighted by Gasteiger charge is -2.33. The predicted octanol–water partition coefficient (Wildman–Crippen LogP) is 4.54. The summed E-state index contributed by atoms with van der Waals surface area (Å²) >= 11 is 5.95. The van der Waals surface area contributed by atoms with Gasteiger partial charge in [-0.05, 0) is 37.1 Å². The third-order valence-electron chi connectivity index (χ3n) is 5.62. The van der Waals surface area contributed by atoms with E-state index in [4.69, 9.17) is 11.6 Å². The number of benzene rings is 2. The van der Waals surface area contributed by atoms with Gasteiger partial charge in [0, 0.05) is 41.2 Å². The van der Waals surface area contributed by atoms with Crippen molar-refractivity contribution in [2.45, 2.75) is 12.8 Å². The molecule has 0 atom stereocenters. The topological polar surface area (TPSA) is 63.4 Å². The molecular formula is C23H20ClN5O. The molecule has 0 aliphatic carbocycles. The van der Waals surface area contributed by atoms with Crippen LogP contribution in [0.2, 0.25) is 5.02 Å². The van der Waals surface area contributed by atoms with Crippen molar-refractivity contribution in [2.24, 2.45) is 5.92 Å². The number of carbonyl (C=O) groups is 1. The normalized spacial score (nSPS) is 14.9. The monoisotopic (exact) mass is 417 g/mol. The summed E-state index contributed by atoms with van der Waals surface area (Å²) in [6.07, 6.45) is 3.11. The maximum Gasteiger partial charge on any atom is 0.254 e. The Morgan fingerprint density at radius 1 is 1.00 bits per heavy atom. The van der Waals surface area contributed by atoms with Crippen LogP contribution in [0.4, 0.5) is 5.82 Å². The number of piperidine rings is 1. The molecule has 1 fully saturated rings. The van der Waals surface area contributed by atoms with Gasteiger partial charge in [0.25, 0.3) is 5.78 Å². The van der Waals surface area contributed by atoms with Crippen LogP contribution in [0, 0.1) is 5.92 Å². The van der Waals surface area contributed by atoms with E-state index in [1.54, 1.807) is 16.6 Å². The smallest absolute Gasteiger partial charge is 0.254 e. The Bertz CT molecular complexity index is 1180. The van der Waals surface area contributed by atoms with Crippen molar-refractivity contribution >= 4 is 29.0 Å². The summed E-state index contributed by atoms with van der Waals surface area (Å²) in [5, 5.41) is 5.00. The first-order valence-electron chi connectivity index (χ1n) is 10.00. The zero-order valence-corrected chi connectivity index (χ0v) is 17.0. The number of nitrogens with zero attached hydrogens (tertiary/aromatic N) is 5. The van der Waals surface area contributed by atoms with Crippen molar-refractivity contribution in [1.82, 2.24) is 19.6 Å². The Kier molecular flexibility index (Phi) is 4.93. The summed E-state index contributed by atoms with van der Waals surface area (Å²) in [6.45, 7) is 1.55. The van der Waals surface area contributed by atoms with Gasteiger partial charge in [0.2, 0.25) is 0 Å². The van der Waals surface area contributed by atoms with Crippen molar-refractivity contribution in [3.8, 4) is 11.3 Å². The fourth-order valence-electron chi connectivity index (χ4n) is 4.00. The lowest BCUT2D eigenvalue weighted by atomic mass is 9.89. The third kappa shape index (κ3) is 3.55. The number of hydrogen-bond acceptors (Lipinski definition) is 5. The standard InChI is InChI=1S/C23H20ClN5O/c24-19-8-6-17(7-9-19)22(30)18-10-12-28(13-11-18)21-14-20(16-4-2-1-3-5-16)27-23-25-15-26-29(21)23/h1-9,14-15,18H,10-13H2. The Morgan fingerprint density at radius 3 is 2.47 bits per heavy atom. The number of hydrogen-bond donors (Lipinski definition) is 0. The van der Waals surface area contributed by atoms with E-state index in [0.29, 0.717) is 10.8 Å². The quantitative estimate of drug-likeness (QED) is 0.456. The first kappa shape index (κ1) is 18.8. The highest BCUT2D eigenvalue weighted by Gasteiger charge is 2.27. The maximum atomic E-state index is 12.9. The van der Waals surface area contributed by atoms with Gasteiger partial charge < -0.3 is 4.90 Å². The number of aromatic nitrogens is 4. The van der Waals surface area contributed by atoms with E-state index in [-0.39, 0.29) is 11.7 Å². The first-order chi connectivity index (χ1) is 14.7. The number of anilines is 1. The lowest BCUT2D eigenvalue weighted by molar-refractivity contribution is 0.0900. The Labute approximate surface area is 179 Å². The molecule has 0 N–H and O–H groups in total. The summed E-state index contributed by atoms with van der Waals surface area (Å²) in [5.41, 5.74) is 2.63. The highest BCUT2D eigenvalue weighted by atomic mass is 35.5. The van der Waals surface area contributed by atoms with Crippen LogP contribution in [-0.4, -0.2) is 38.5 Å². The molecule has 4 aromatic rings. The van der Waals surface area contributed by atoms with Gasteiger partial charge in [0.15, 0.2) is 5.78 Å². The predicted molar refractivity (Wildman–Crippen MR) is 117 cm³/mol. The number of rotatable bonds is 4. The molecule has 7 heteroatoms. The Morgan fingerprint density at radius 2 is 1.73 bits per heavy atom. The molecule has 0 radical (unpaired) electrons. The second-order valence-corrected chi connectivity index (χ2v) is 7.91. The average Bonchev–Trinajstić information content (AvgIpc) is 3.28. The van der Waals surface area contributed by atoms with Crippen LogP contribution in [0.15, 0.2) is 67.0 Å². The number of ketones is 1. The lowest BCUT2D eigenvalue weighted by Crippen LogP contribution is -2.37. The molecule has 0 amide bonds. The number of Topliss-reactive ketones (excluding diaryl/α,β-unsaturated/α-hetero) is 1. The van der Waals surface area contributed by atoms with Gasteiger partial charge in [-0.25, -0.2) is 4.98 Å². The van der Waals surface area contributed by atoms with E-state index in [1.807, 2.05) is 42.5 Å². The van der Waals surface area contributed by atoms with Crippen LogP contribution in [0.3, 0.4) is 0 Å². The van der Waals surface area contributed by atoms with Crippen molar-refractivity contribution in [2.75, 3.05) is 18.0 Å². The van der Waals surface area contributed by atoms with Crippen LogP contribution >= 0.6 is 11.6 Å². The summed E-state index contributed by atoms with van der Waals surface area (Å²) in [7, 11) is 0. The van der Waals surface area contributed by atoms with Crippen LogP contribution < -0.4 is 4.90 Å². The fourth-order valence-corrected chi connectivity index (χ4v) is 4.13. The van der Waals surface area contributed by atoms with Crippen molar-refractivity contribution in [3.63, 3.8) is 0 Å². The summed E-state index contributed by atoms with van der Waals surface area (Å²) in [4.78, 5) is 24.1. The highest BCUT2D eigenvalue weighted by molar-refractivity contribution is 6.30. The van der Waals surface area contributed by atoms with Gasteiger partial charge >= 0.3 is 0 Å². The Balaban J connectivity index is 1.39. The van der Waals surface area contributed by atoms with Crippen molar-refractivity contribution in [1.29, 1.82) is 0 Å². The molecule has 2 aromatic carbocycles. The third-order valence-corrected chi connectivity index (χ3v) is 5.87. The Hall–Kier alpha value is -3.25. The van der Waals surface area contributed by atoms with E-state index in [9.17, 15) is 4.79 Å². The van der Waals surface area contributed by atoms with E-state index in [0.717, 1.165) is 48.6 Å². The minimum absolute atomic E-state index is 0.0177. The van der Waals surface area contributed by atoms with Crippen LogP contribution in [-0.2, 0) is 0 Å². The molecule has 2 aromatic heterocycles. The second-order valence-electron chi connectivity index (χ2n) is 7.47. The molecule has 3 heterocycles. The van der Waals surface area contributed by atoms with Gasteiger partial charge in [0.05, 0.1) is 5.69 Å². The van der Waals surface area contributed by atoms with E-state index in [1.165, 1.54) is 6.33 Å². The molecular weight excluding hydrogens is 398 g/mol. The molecule has 1 aliphatic rings. The minimum atomic E-state index is 0.0177. The summed E-state index contributed by atoms with van der Waals surface area (Å²) in [6, 6.07) is 19.3. The molecule has 0 bridgehead atoms. The zero-order valence-electron chi connectivity index (χ0n) is 16.3. The van der Waals surface area contributed by atoms with Crippen molar-refractivity contribution in [3.05, 3.63) is 77.6 Å². The molecule has 0 spiro atoms. The first-order valence-corrected chi connectivity index (χ1v) is 10.4. The van der Waals surface area contributed by atoms with E-state index < -0.39 is 0 Å². The maximum absolute atomic E-state index is 12.9. The fraction of sp³-hybridized carbons (Fsp3) is 0.217. The molecule has 30 heavy (non-hydrogen) atoms. The molecule has 0 saturated carbocycles. The SMILES string of the molecule is O=C(c1ccc(Cl)cc1)C1CCN(c2cc(-c3ccccc3)nc3ncnn23)CC1. The van der Waals surface area contributed by atoms with Crippen LogP contribution in [0.25, 0.3) is 17.0 Å². The van der Waals surface area contributed by atoms with Gasteiger partial charge in [0.1, 0.15) is 12.1 Å². The average molecular weight is 418 g/mol. The van der Waals surface area contributed by atoms with Gasteiger partial charge in [-0.1, -0.05) is 41.9 Å². The number of carbonyl (C=O) groups excluding carboxylic acids is 1. The van der Waals surface area contributed by atoms with Crippen molar-refractivity contribution < 1.29 is 4.79 Å². The summed E-state index contributed by atoms with van der Waals surface area (Å²) < 4.78 is 1.77. The number of halogens is 1. The van der Waals surface area contributed by atoms with Gasteiger partial charge in [-0.15, -0.1) is 0 Å². The highest BCUT2D eigenvalue weighted by Crippen LogP contribution is 2.29. The number of fused-ring (bicyclic) bond motifs is 1. The molecule has 1 saturated heterocycles. The molecule has 1 aliphatic heterocycles. The molecule has 6 nitrogen and oxygen atoms in total. The molecule has 5 rings (SSSR count). The van der Waals surface area contributed by atoms with Gasteiger partial charge in [-0.3, -0.25) is 4.79 Å². The van der Waals surface area contributed by atoms with E-state index >= 15 is 0 Å². The van der Waals surface area contributed by atoms with E-state index in [2.05, 4.69) is 26.0 Å². The second kappa shape index (κ2) is 7.88. The molecule has 0 unspecified atom stereocenters. The van der Waals surface area contributed by atoms with Crippen LogP contribution in [0.1, 0.15) is 23.2 Å². The van der Waals surface area contributed by atoms with Crippen LogP contribution in [0.5, 0.6) is 0 Å². The van der Waals surface area contributed by atoms with Gasteiger partial charge in [-0.2, -0.15) is 14.6 Å².